The second kappa shape index (κ2) is 8.86. The third-order valence-electron chi connectivity index (χ3n) is 5.08. The molecule has 0 aliphatic carbocycles. The van der Waals surface area contributed by atoms with E-state index in [1.165, 1.54) is 13.2 Å². The molecule has 1 aromatic carbocycles. The summed E-state index contributed by atoms with van der Waals surface area (Å²) in [7, 11) is 1.48. The van der Waals surface area contributed by atoms with Crippen LogP contribution in [-0.4, -0.2) is 40.8 Å². The Bertz CT molecular complexity index is 825. The summed E-state index contributed by atoms with van der Waals surface area (Å²) in [6.07, 6.45) is 5.55. The second-order valence-corrected chi connectivity index (χ2v) is 7.08. The molecule has 1 aliphatic rings. The van der Waals surface area contributed by atoms with Crippen LogP contribution >= 0.6 is 0 Å². The second-order valence-electron chi connectivity index (χ2n) is 7.08. The van der Waals surface area contributed by atoms with Crippen LogP contribution in [0.3, 0.4) is 0 Å². The van der Waals surface area contributed by atoms with E-state index in [1.807, 2.05) is 12.3 Å². The molecular formula is C20H25FN4O3. The van der Waals surface area contributed by atoms with Gasteiger partial charge in [-0.2, -0.15) is 5.10 Å². The van der Waals surface area contributed by atoms with Gasteiger partial charge in [-0.1, -0.05) is 6.07 Å². The number of carbonyl (C=O) groups excluding carboxylic acids is 2. The molecule has 8 heteroatoms. The van der Waals surface area contributed by atoms with Crippen LogP contribution < -0.4 is 15.4 Å². The minimum absolute atomic E-state index is 0.0620. The Morgan fingerprint density at radius 2 is 2.32 bits per heavy atom. The molecule has 150 valence electrons. The fourth-order valence-corrected chi connectivity index (χ4v) is 3.53. The Kier molecular flexibility index (Phi) is 6.28. The van der Waals surface area contributed by atoms with Crippen molar-refractivity contribution in [2.24, 2.45) is 0 Å². The number of amides is 2. The van der Waals surface area contributed by atoms with Crippen molar-refractivity contribution in [3.8, 4) is 5.75 Å². The molecular weight excluding hydrogens is 363 g/mol. The highest BCUT2D eigenvalue weighted by Crippen LogP contribution is 2.31. The molecule has 0 radical (unpaired) electrons. The van der Waals surface area contributed by atoms with Crippen molar-refractivity contribution in [2.45, 2.75) is 44.2 Å². The van der Waals surface area contributed by atoms with Crippen LogP contribution in [0.2, 0.25) is 0 Å². The molecule has 0 spiro atoms. The third kappa shape index (κ3) is 5.09. The Balaban J connectivity index is 1.57. The number of benzene rings is 1. The zero-order chi connectivity index (χ0) is 20.0. The maximum atomic E-state index is 14.4. The quantitative estimate of drug-likeness (QED) is 0.686. The number of aromatic nitrogens is 2. The number of nitrogens with zero attached hydrogens (tertiary/aromatic N) is 2. The lowest BCUT2D eigenvalue weighted by Gasteiger charge is -2.29. The van der Waals surface area contributed by atoms with E-state index in [2.05, 4.69) is 15.7 Å². The highest BCUT2D eigenvalue weighted by atomic mass is 19.1. The molecule has 0 bridgehead atoms. The van der Waals surface area contributed by atoms with Gasteiger partial charge < -0.3 is 15.4 Å². The molecule has 2 aromatic rings. The van der Waals surface area contributed by atoms with Crippen LogP contribution in [0.15, 0.2) is 36.7 Å². The molecule has 3 rings (SSSR count). The van der Waals surface area contributed by atoms with Crippen molar-refractivity contribution in [1.29, 1.82) is 0 Å². The summed E-state index contributed by atoms with van der Waals surface area (Å²) in [4.78, 5) is 24.1. The smallest absolute Gasteiger partial charge is 0.220 e. The molecule has 1 aliphatic heterocycles. The van der Waals surface area contributed by atoms with Crippen LogP contribution in [0.5, 0.6) is 5.75 Å². The number of hydrogen-bond acceptors (Lipinski definition) is 4. The first-order chi connectivity index (χ1) is 13.5. The lowest BCUT2D eigenvalue weighted by atomic mass is 9.84. The van der Waals surface area contributed by atoms with E-state index in [0.29, 0.717) is 50.1 Å². The maximum Gasteiger partial charge on any atom is 0.220 e. The standard InChI is InChI=1S/C20H25FN4O3/c1-28-16-4-3-15(17(21)13-16)14-20(8-6-19(27)24-20)7-5-18(26)22-10-12-25-11-2-9-23-25/h2-4,9,11,13H,5-8,10,12,14H2,1H3,(H,22,26)(H,24,27)/t20-/m0/s1. The predicted molar refractivity (Wildman–Crippen MR) is 101 cm³/mol. The molecule has 1 saturated heterocycles. The van der Waals surface area contributed by atoms with Crippen LogP contribution in [-0.2, 0) is 22.6 Å². The van der Waals surface area contributed by atoms with Crippen molar-refractivity contribution in [1.82, 2.24) is 20.4 Å². The van der Waals surface area contributed by atoms with Gasteiger partial charge in [-0.3, -0.25) is 14.3 Å². The van der Waals surface area contributed by atoms with Crippen LogP contribution in [0.25, 0.3) is 0 Å². The van der Waals surface area contributed by atoms with Gasteiger partial charge >= 0.3 is 0 Å². The SMILES string of the molecule is COc1ccc(C[C@]2(CCC(=O)NCCn3cccn3)CCC(=O)N2)c(F)c1. The van der Waals surface area contributed by atoms with Crippen molar-refractivity contribution < 1.29 is 18.7 Å². The van der Waals surface area contributed by atoms with Gasteiger partial charge in [0.25, 0.3) is 0 Å². The monoisotopic (exact) mass is 388 g/mol. The van der Waals surface area contributed by atoms with Gasteiger partial charge in [-0.25, -0.2) is 4.39 Å². The summed E-state index contributed by atoms with van der Waals surface area (Å²) in [6.45, 7) is 1.07. The number of hydrogen-bond donors (Lipinski definition) is 2. The van der Waals surface area contributed by atoms with Gasteiger partial charge in [-0.15, -0.1) is 0 Å². The van der Waals surface area contributed by atoms with Gasteiger partial charge in [0.15, 0.2) is 0 Å². The van der Waals surface area contributed by atoms with E-state index in [0.717, 1.165) is 0 Å². The molecule has 1 fully saturated rings. The topological polar surface area (TPSA) is 85.2 Å². The highest BCUT2D eigenvalue weighted by Gasteiger charge is 2.38. The molecule has 1 atom stereocenters. The van der Waals surface area contributed by atoms with Crippen molar-refractivity contribution in [3.05, 3.63) is 48.0 Å². The zero-order valence-electron chi connectivity index (χ0n) is 15.9. The van der Waals surface area contributed by atoms with Gasteiger partial charge in [0.2, 0.25) is 11.8 Å². The average molecular weight is 388 g/mol. The number of ether oxygens (including phenoxy) is 1. The minimum atomic E-state index is -0.605. The number of halogens is 1. The summed E-state index contributed by atoms with van der Waals surface area (Å²) in [5.74, 6) is -0.0817. The van der Waals surface area contributed by atoms with Gasteiger partial charge in [0.1, 0.15) is 11.6 Å². The average Bonchev–Trinajstić information content (AvgIpc) is 3.32. The Morgan fingerprint density at radius 1 is 1.46 bits per heavy atom. The van der Waals surface area contributed by atoms with Crippen LogP contribution in [0, 0.1) is 5.82 Å². The molecule has 2 heterocycles. The van der Waals surface area contributed by atoms with Crippen molar-refractivity contribution in [3.63, 3.8) is 0 Å². The summed E-state index contributed by atoms with van der Waals surface area (Å²) in [5.41, 5.74) is -0.103. The van der Waals surface area contributed by atoms with Gasteiger partial charge in [0, 0.05) is 43.4 Å². The fraction of sp³-hybridized carbons (Fsp3) is 0.450. The summed E-state index contributed by atoms with van der Waals surface area (Å²) >= 11 is 0. The normalized spacial score (nSPS) is 18.7. The van der Waals surface area contributed by atoms with E-state index in [-0.39, 0.29) is 24.1 Å². The first-order valence-electron chi connectivity index (χ1n) is 9.37. The lowest BCUT2D eigenvalue weighted by molar-refractivity contribution is -0.122. The van der Waals surface area contributed by atoms with Crippen LogP contribution in [0.4, 0.5) is 4.39 Å². The molecule has 7 nitrogen and oxygen atoms in total. The summed E-state index contributed by atoms with van der Waals surface area (Å²) in [5, 5.41) is 9.92. The zero-order valence-corrected chi connectivity index (χ0v) is 15.9. The molecule has 2 N–H and O–H groups in total. The molecule has 0 unspecified atom stereocenters. The maximum absolute atomic E-state index is 14.4. The Hall–Kier alpha value is -2.90. The third-order valence-corrected chi connectivity index (χ3v) is 5.08. The summed E-state index contributed by atoms with van der Waals surface area (Å²) in [6, 6.07) is 6.53. The van der Waals surface area contributed by atoms with E-state index in [1.54, 1.807) is 23.0 Å². The molecule has 0 saturated carbocycles. The molecule has 28 heavy (non-hydrogen) atoms. The van der Waals surface area contributed by atoms with Crippen molar-refractivity contribution >= 4 is 11.8 Å². The number of methoxy groups -OCH3 is 1. The Labute approximate surface area is 163 Å². The lowest BCUT2D eigenvalue weighted by Crippen LogP contribution is -2.45. The van der Waals surface area contributed by atoms with Crippen LogP contribution in [0.1, 0.15) is 31.2 Å². The van der Waals surface area contributed by atoms with Gasteiger partial charge in [-0.05, 0) is 37.0 Å². The number of nitrogens with one attached hydrogen (secondary N) is 2. The number of rotatable bonds is 9. The summed E-state index contributed by atoms with van der Waals surface area (Å²) < 4.78 is 21.2. The van der Waals surface area contributed by atoms with E-state index in [9.17, 15) is 14.0 Å². The first-order valence-corrected chi connectivity index (χ1v) is 9.37. The fourth-order valence-electron chi connectivity index (χ4n) is 3.53. The Morgan fingerprint density at radius 3 is 2.96 bits per heavy atom. The van der Waals surface area contributed by atoms with E-state index in [4.69, 9.17) is 4.74 Å². The number of carbonyl (C=O) groups is 2. The predicted octanol–water partition coefficient (Wildman–Crippen LogP) is 1.82. The molecule has 1 aromatic heterocycles. The highest BCUT2D eigenvalue weighted by molar-refractivity contribution is 5.80. The van der Waals surface area contributed by atoms with E-state index >= 15 is 0 Å². The molecule has 2 amide bonds. The first kappa shape index (κ1) is 19.9. The largest absolute Gasteiger partial charge is 0.497 e. The van der Waals surface area contributed by atoms with Gasteiger partial charge in [0.05, 0.1) is 13.7 Å². The minimum Gasteiger partial charge on any atom is -0.497 e. The van der Waals surface area contributed by atoms with Crippen molar-refractivity contribution in [2.75, 3.05) is 13.7 Å². The van der Waals surface area contributed by atoms with E-state index < -0.39 is 5.54 Å².